The van der Waals surface area contributed by atoms with Crippen LogP contribution < -0.4 is 4.74 Å². The van der Waals surface area contributed by atoms with E-state index in [0.717, 1.165) is 5.56 Å². The minimum atomic E-state index is -0.348. The SMILES string of the molecule is Cc1ccc(OCc2ccccc2)c2c1C(=O)c1c(Cl)ccc(Cl)c1C2=O. The molecule has 0 unspecified atom stereocenters. The van der Waals surface area contributed by atoms with Crippen LogP contribution in [0.5, 0.6) is 5.75 Å². The molecule has 3 nitrogen and oxygen atoms in total. The summed E-state index contributed by atoms with van der Waals surface area (Å²) in [5.74, 6) is -0.298. The fourth-order valence-corrected chi connectivity index (χ4v) is 3.79. The Kier molecular flexibility index (Phi) is 4.50. The maximum atomic E-state index is 13.2. The molecule has 0 heterocycles. The molecular weight excluding hydrogens is 383 g/mol. The summed E-state index contributed by atoms with van der Waals surface area (Å²) in [5.41, 5.74) is 2.51. The molecular formula is C22H14Cl2O3. The highest BCUT2D eigenvalue weighted by atomic mass is 35.5. The van der Waals surface area contributed by atoms with Gasteiger partial charge in [-0.2, -0.15) is 0 Å². The van der Waals surface area contributed by atoms with Gasteiger partial charge < -0.3 is 4.74 Å². The second-order valence-corrected chi connectivity index (χ2v) is 7.16. The number of carbonyl (C=O) groups excluding carboxylic acids is 2. The van der Waals surface area contributed by atoms with Gasteiger partial charge in [-0.15, -0.1) is 0 Å². The molecule has 1 aliphatic rings. The van der Waals surface area contributed by atoms with Gasteiger partial charge in [-0.05, 0) is 36.2 Å². The number of hydrogen-bond acceptors (Lipinski definition) is 3. The molecule has 0 bridgehead atoms. The number of hydrogen-bond donors (Lipinski definition) is 0. The minimum Gasteiger partial charge on any atom is -0.488 e. The molecule has 0 saturated heterocycles. The summed E-state index contributed by atoms with van der Waals surface area (Å²) < 4.78 is 5.90. The Morgan fingerprint density at radius 3 is 1.96 bits per heavy atom. The summed E-state index contributed by atoms with van der Waals surface area (Å²) in [7, 11) is 0. The first-order valence-electron chi connectivity index (χ1n) is 8.36. The van der Waals surface area contributed by atoms with E-state index in [0.29, 0.717) is 16.9 Å². The molecule has 0 aromatic heterocycles. The summed E-state index contributed by atoms with van der Waals surface area (Å²) in [5, 5.41) is 0.419. The third kappa shape index (κ3) is 2.93. The van der Waals surface area contributed by atoms with Gasteiger partial charge in [0.25, 0.3) is 0 Å². The van der Waals surface area contributed by atoms with Crippen LogP contribution in [0.2, 0.25) is 10.0 Å². The van der Waals surface area contributed by atoms with Crippen molar-refractivity contribution < 1.29 is 14.3 Å². The van der Waals surface area contributed by atoms with E-state index in [1.807, 2.05) is 30.3 Å². The molecule has 0 saturated carbocycles. The standard InChI is InChI=1S/C22H14Cl2O3/c1-12-7-10-16(27-11-13-5-3-2-4-6-13)20-17(12)21(25)18-14(23)8-9-15(24)19(18)22(20)26/h2-10H,11H2,1H3. The molecule has 0 spiro atoms. The second-order valence-electron chi connectivity index (χ2n) is 6.34. The highest BCUT2D eigenvalue weighted by molar-refractivity contribution is 6.43. The number of carbonyl (C=O) groups is 2. The van der Waals surface area contributed by atoms with E-state index in [4.69, 9.17) is 27.9 Å². The highest BCUT2D eigenvalue weighted by Gasteiger charge is 2.36. The Bertz CT molecular complexity index is 1090. The lowest BCUT2D eigenvalue weighted by Crippen LogP contribution is -2.24. The Morgan fingerprint density at radius 2 is 1.33 bits per heavy atom. The van der Waals surface area contributed by atoms with Crippen LogP contribution in [0.3, 0.4) is 0 Å². The second kappa shape index (κ2) is 6.84. The molecule has 0 radical (unpaired) electrons. The van der Waals surface area contributed by atoms with Crippen molar-refractivity contribution in [3.05, 3.63) is 98.0 Å². The fraction of sp³-hybridized carbons (Fsp3) is 0.0909. The van der Waals surface area contributed by atoms with Crippen LogP contribution in [0.4, 0.5) is 0 Å². The molecule has 0 amide bonds. The third-order valence-electron chi connectivity index (χ3n) is 4.62. The van der Waals surface area contributed by atoms with Crippen LogP contribution in [-0.2, 0) is 6.61 Å². The molecule has 3 aromatic carbocycles. The van der Waals surface area contributed by atoms with Gasteiger partial charge in [0.05, 0.1) is 26.7 Å². The highest BCUT2D eigenvalue weighted by Crippen LogP contribution is 2.40. The van der Waals surface area contributed by atoms with E-state index >= 15 is 0 Å². The van der Waals surface area contributed by atoms with E-state index in [-0.39, 0.29) is 44.9 Å². The number of ether oxygens (including phenoxy) is 1. The zero-order chi connectivity index (χ0) is 19.1. The Labute approximate surface area is 166 Å². The molecule has 3 aromatic rings. The maximum absolute atomic E-state index is 13.2. The fourth-order valence-electron chi connectivity index (χ4n) is 3.31. The average molecular weight is 397 g/mol. The van der Waals surface area contributed by atoms with Crippen molar-refractivity contribution in [2.45, 2.75) is 13.5 Å². The number of fused-ring (bicyclic) bond motifs is 2. The number of benzene rings is 3. The lowest BCUT2D eigenvalue weighted by molar-refractivity contribution is 0.0975. The Hall–Kier alpha value is -2.62. The summed E-state index contributed by atoms with van der Waals surface area (Å²) in [4.78, 5) is 26.4. The van der Waals surface area contributed by atoms with Crippen LogP contribution in [-0.4, -0.2) is 11.6 Å². The predicted molar refractivity (Wildman–Crippen MR) is 105 cm³/mol. The van der Waals surface area contributed by atoms with Crippen LogP contribution in [0.15, 0.2) is 54.6 Å². The van der Waals surface area contributed by atoms with Crippen LogP contribution >= 0.6 is 23.2 Å². The largest absolute Gasteiger partial charge is 0.488 e. The summed E-state index contributed by atoms with van der Waals surface area (Å²) in [6.07, 6.45) is 0. The van der Waals surface area contributed by atoms with Crippen molar-refractivity contribution in [2.75, 3.05) is 0 Å². The first kappa shape index (κ1) is 17.8. The number of halogens is 2. The summed E-state index contributed by atoms with van der Waals surface area (Å²) in [6.45, 7) is 2.07. The smallest absolute Gasteiger partial charge is 0.199 e. The predicted octanol–water partition coefficient (Wildman–Crippen LogP) is 5.66. The maximum Gasteiger partial charge on any atom is 0.199 e. The van der Waals surface area contributed by atoms with E-state index in [2.05, 4.69) is 0 Å². The van der Waals surface area contributed by atoms with E-state index in [1.54, 1.807) is 19.1 Å². The molecule has 1 aliphatic carbocycles. The van der Waals surface area contributed by atoms with Crippen molar-refractivity contribution in [3.8, 4) is 5.75 Å². The number of ketones is 2. The van der Waals surface area contributed by atoms with Gasteiger partial charge in [-0.1, -0.05) is 59.6 Å². The minimum absolute atomic E-state index is 0.136. The molecule has 0 N–H and O–H groups in total. The summed E-state index contributed by atoms with van der Waals surface area (Å²) in [6, 6.07) is 16.1. The van der Waals surface area contributed by atoms with Gasteiger partial charge in [0, 0.05) is 5.56 Å². The van der Waals surface area contributed by atoms with Crippen molar-refractivity contribution in [2.24, 2.45) is 0 Å². The van der Waals surface area contributed by atoms with Crippen LogP contribution in [0.1, 0.15) is 43.0 Å². The first-order chi connectivity index (χ1) is 13.0. The van der Waals surface area contributed by atoms with E-state index < -0.39 is 0 Å². The van der Waals surface area contributed by atoms with Gasteiger partial charge in [-0.25, -0.2) is 0 Å². The molecule has 0 aliphatic heterocycles. The molecule has 4 rings (SSSR count). The molecule has 0 fully saturated rings. The average Bonchev–Trinajstić information content (AvgIpc) is 2.67. The van der Waals surface area contributed by atoms with Crippen LogP contribution in [0.25, 0.3) is 0 Å². The molecule has 5 heteroatoms. The molecule has 134 valence electrons. The lowest BCUT2D eigenvalue weighted by atomic mass is 9.81. The van der Waals surface area contributed by atoms with Crippen molar-refractivity contribution in [3.63, 3.8) is 0 Å². The van der Waals surface area contributed by atoms with Gasteiger partial charge in [0.15, 0.2) is 11.6 Å². The van der Waals surface area contributed by atoms with Crippen molar-refractivity contribution in [1.29, 1.82) is 0 Å². The molecule has 0 atom stereocenters. The number of rotatable bonds is 3. The van der Waals surface area contributed by atoms with E-state index in [9.17, 15) is 9.59 Å². The third-order valence-corrected chi connectivity index (χ3v) is 5.25. The number of aryl methyl sites for hydroxylation is 1. The Morgan fingerprint density at radius 1 is 0.741 bits per heavy atom. The first-order valence-corrected chi connectivity index (χ1v) is 9.12. The van der Waals surface area contributed by atoms with Gasteiger partial charge >= 0.3 is 0 Å². The monoisotopic (exact) mass is 396 g/mol. The quantitative estimate of drug-likeness (QED) is 0.448. The van der Waals surface area contributed by atoms with Gasteiger partial charge in [0.1, 0.15) is 12.4 Å². The topological polar surface area (TPSA) is 43.4 Å². The zero-order valence-corrected chi connectivity index (χ0v) is 15.9. The van der Waals surface area contributed by atoms with Crippen molar-refractivity contribution in [1.82, 2.24) is 0 Å². The normalized spacial score (nSPS) is 12.6. The Balaban J connectivity index is 1.84. The summed E-state index contributed by atoms with van der Waals surface area (Å²) >= 11 is 12.4. The van der Waals surface area contributed by atoms with Crippen molar-refractivity contribution >= 4 is 34.8 Å². The lowest BCUT2D eigenvalue weighted by Gasteiger charge is -2.23. The zero-order valence-electron chi connectivity index (χ0n) is 14.4. The molecule has 27 heavy (non-hydrogen) atoms. The van der Waals surface area contributed by atoms with Gasteiger partial charge in [-0.3, -0.25) is 9.59 Å². The van der Waals surface area contributed by atoms with Crippen LogP contribution in [0, 0.1) is 6.92 Å². The van der Waals surface area contributed by atoms with E-state index in [1.165, 1.54) is 12.1 Å². The van der Waals surface area contributed by atoms with Gasteiger partial charge in [0.2, 0.25) is 0 Å².